The minimum Gasteiger partial charge on any atom is -0.349 e. The summed E-state index contributed by atoms with van der Waals surface area (Å²) in [6.45, 7) is 12.4. The first-order chi connectivity index (χ1) is 8.17. The number of aromatic nitrogens is 1. The molecule has 4 heteroatoms. The zero-order valence-electron chi connectivity index (χ0n) is 11.3. The Balaban J connectivity index is 2.43. The van der Waals surface area contributed by atoms with Gasteiger partial charge in [-0.2, -0.15) is 0 Å². The van der Waals surface area contributed by atoms with Crippen molar-refractivity contribution in [1.29, 1.82) is 0 Å². The number of anilines is 1. The number of nitrogens with zero attached hydrogens (tertiary/aromatic N) is 2. The molecule has 0 fully saturated rings. The summed E-state index contributed by atoms with van der Waals surface area (Å²) < 4.78 is 0. The summed E-state index contributed by atoms with van der Waals surface area (Å²) in [5.74, 6) is 0. The van der Waals surface area contributed by atoms with Gasteiger partial charge in [0.15, 0.2) is 5.13 Å². The molecule has 1 aromatic heterocycles. The van der Waals surface area contributed by atoms with Crippen LogP contribution in [0.25, 0.3) is 0 Å². The van der Waals surface area contributed by atoms with Crippen LogP contribution >= 0.6 is 11.3 Å². The summed E-state index contributed by atoms with van der Waals surface area (Å²) in [5, 5.41) is 4.53. The van der Waals surface area contributed by atoms with Crippen molar-refractivity contribution < 1.29 is 0 Å². The highest BCUT2D eigenvalue weighted by atomic mass is 32.1. The number of hydrogen-bond donors (Lipinski definition) is 1. The molecule has 1 aromatic rings. The lowest BCUT2D eigenvalue weighted by Crippen LogP contribution is -2.21. The maximum Gasteiger partial charge on any atom is 0.185 e. The molecule has 1 rings (SSSR count). The summed E-state index contributed by atoms with van der Waals surface area (Å²) in [5.41, 5.74) is 1.35. The SMILES string of the molecule is CCN(CC)c1ncc(CNCC=C(C)C)s1. The molecule has 0 spiro atoms. The van der Waals surface area contributed by atoms with Crippen molar-refractivity contribution in [2.45, 2.75) is 34.2 Å². The van der Waals surface area contributed by atoms with E-state index in [-0.39, 0.29) is 0 Å². The smallest absolute Gasteiger partial charge is 0.185 e. The van der Waals surface area contributed by atoms with Gasteiger partial charge in [0.1, 0.15) is 0 Å². The van der Waals surface area contributed by atoms with Crippen LogP contribution in [0, 0.1) is 0 Å². The first kappa shape index (κ1) is 14.2. The predicted molar refractivity (Wildman–Crippen MR) is 76.8 cm³/mol. The average Bonchev–Trinajstić information content (AvgIpc) is 2.75. The minimum absolute atomic E-state index is 0.905. The van der Waals surface area contributed by atoms with Crippen LogP contribution in [0.2, 0.25) is 0 Å². The summed E-state index contributed by atoms with van der Waals surface area (Å²) in [4.78, 5) is 8.04. The van der Waals surface area contributed by atoms with Crippen molar-refractivity contribution in [3.63, 3.8) is 0 Å². The zero-order valence-corrected chi connectivity index (χ0v) is 12.1. The summed E-state index contributed by atoms with van der Waals surface area (Å²) >= 11 is 1.78. The molecule has 3 nitrogen and oxygen atoms in total. The summed E-state index contributed by atoms with van der Waals surface area (Å²) in [6.07, 6.45) is 4.18. The molecule has 96 valence electrons. The maximum absolute atomic E-state index is 4.46. The third kappa shape index (κ3) is 4.88. The Kier molecular flexibility index (Phi) is 6.22. The van der Waals surface area contributed by atoms with Crippen molar-refractivity contribution >= 4 is 16.5 Å². The molecule has 0 radical (unpaired) electrons. The molecule has 0 saturated heterocycles. The Labute approximate surface area is 109 Å². The minimum atomic E-state index is 0.905. The van der Waals surface area contributed by atoms with Crippen LogP contribution in [0.15, 0.2) is 17.8 Å². The van der Waals surface area contributed by atoms with Crippen LogP contribution < -0.4 is 10.2 Å². The fraction of sp³-hybridized carbons (Fsp3) is 0.615. The Bertz CT molecular complexity index is 349. The van der Waals surface area contributed by atoms with Gasteiger partial charge in [-0.05, 0) is 27.7 Å². The molecule has 0 aliphatic rings. The van der Waals surface area contributed by atoms with Crippen LogP contribution in [0.4, 0.5) is 5.13 Å². The highest BCUT2D eigenvalue weighted by Crippen LogP contribution is 2.21. The molecule has 0 saturated carbocycles. The number of allylic oxidation sites excluding steroid dienone is 1. The maximum atomic E-state index is 4.46. The molecule has 0 unspecified atom stereocenters. The third-order valence-corrected chi connectivity index (χ3v) is 3.59. The third-order valence-electron chi connectivity index (χ3n) is 2.53. The van der Waals surface area contributed by atoms with E-state index >= 15 is 0 Å². The molecule has 0 aliphatic heterocycles. The second-order valence-corrected chi connectivity index (χ2v) is 5.29. The van der Waals surface area contributed by atoms with E-state index in [9.17, 15) is 0 Å². The van der Waals surface area contributed by atoms with Gasteiger partial charge in [0.05, 0.1) is 0 Å². The lowest BCUT2D eigenvalue weighted by Gasteiger charge is -2.16. The van der Waals surface area contributed by atoms with Gasteiger partial charge in [-0.1, -0.05) is 11.6 Å². The zero-order chi connectivity index (χ0) is 12.7. The first-order valence-electron chi connectivity index (χ1n) is 6.21. The number of thiazole rings is 1. The van der Waals surface area contributed by atoms with Gasteiger partial charge in [-0.15, -0.1) is 11.3 Å². The number of nitrogens with one attached hydrogen (secondary N) is 1. The van der Waals surface area contributed by atoms with Crippen LogP contribution in [-0.2, 0) is 6.54 Å². The van der Waals surface area contributed by atoms with E-state index in [0.29, 0.717) is 0 Å². The Morgan fingerprint density at radius 2 is 2.12 bits per heavy atom. The Morgan fingerprint density at radius 3 is 2.71 bits per heavy atom. The molecule has 0 atom stereocenters. The molecule has 0 aliphatic carbocycles. The lowest BCUT2D eigenvalue weighted by atomic mass is 10.3. The number of hydrogen-bond acceptors (Lipinski definition) is 4. The van der Waals surface area contributed by atoms with Gasteiger partial charge in [0.2, 0.25) is 0 Å². The van der Waals surface area contributed by atoms with Crippen molar-refractivity contribution in [1.82, 2.24) is 10.3 Å². The fourth-order valence-electron chi connectivity index (χ4n) is 1.49. The molecule has 1 heterocycles. The van der Waals surface area contributed by atoms with E-state index in [1.807, 2.05) is 6.20 Å². The van der Waals surface area contributed by atoms with Gasteiger partial charge in [0.25, 0.3) is 0 Å². The molecule has 1 N–H and O–H groups in total. The van der Waals surface area contributed by atoms with Crippen LogP contribution in [0.1, 0.15) is 32.6 Å². The van der Waals surface area contributed by atoms with Gasteiger partial charge >= 0.3 is 0 Å². The second kappa shape index (κ2) is 7.45. The standard InChI is InChI=1S/C13H23N3S/c1-5-16(6-2)13-15-10-12(17-13)9-14-8-7-11(3)4/h7,10,14H,5-6,8-9H2,1-4H3. The lowest BCUT2D eigenvalue weighted by molar-refractivity contribution is 0.765. The van der Waals surface area contributed by atoms with E-state index < -0.39 is 0 Å². The van der Waals surface area contributed by atoms with E-state index in [0.717, 1.165) is 31.3 Å². The largest absolute Gasteiger partial charge is 0.349 e. The predicted octanol–water partition coefficient (Wildman–Crippen LogP) is 3.05. The van der Waals surface area contributed by atoms with Crippen molar-refractivity contribution in [3.05, 3.63) is 22.7 Å². The van der Waals surface area contributed by atoms with Crippen molar-refractivity contribution in [2.24, 2.45) is 0 Å². The van der Waals surface area contributed by atoms with Gasteiger partial charge in [-0.25, -0.2) is 4.98 Å². The van der Waals surface area contributed by atoms with Crippen LogP contribution in [0.5, 0.6) is 0 Å². The van der Waals surface area contributed by atoms with Crippen LogP contribution in [0.3, 0.4) is 0 Å². The normalized spacial score (nSPS) is 10.4. The fourth-order valence-corrected chi connectivity index (χ4v) is 2.50. The van der Waals surface area contributed by atoms with E-state index in [2.05, 4.69) is 49.0 Å². The Morgan fingerprint density at radius 1 is 1.41 bits per heavy atom. The van der Waals surface area contributed by atoms with E-state index in [4.69, 9.17) is 0 Å². The highest BCUT2D eigenvalue weighted by Gasteiger charge is 2.06. The van der Waals surface area contributed by atoms with Gasteiger partial charge < -0.3 is 10.2 Å². The molecular weight excluding hydrogens is 230 g/mol. The second-order valence-electron chi connectivity index (χ2n) is 4.19. The summed E-state index contributed by atoms with van der Waals surface area (Å²) in [7, 11) is 0. The monoisotopic (exact) mass is 253 g/mol. The van der Waals surface area contributed by atoms with Crippen molar-refractivity contribution in [2.75, 3.05) is 24.5 Å². The van der Waals surface area contributed by atoms with Gasteiger partial charge in [-0.3, -0.25) is 0 Å². The molecular formula is C13H23N3S. The quantitative estimate of drug-likeness (QED) is 0.598. The molecule has 0 bridgehead atoms. The Hall–Kier alpha value is -0.870. The van der Waals surface area contributed by atoms with Crippen molar-refractivity contribution in [3.8, 4) is 0 Å². The van der Waals surface area contributed by atoms with Gasteiger partial charge in [0, 0.05) is 37.3 Å². The average molecular weight is 253 g/mol. The number of rotatable bonds is 7. The van der Waals surface area contributed by atoms with E-state index in [1.165, 1.54) is 10.5 Å². The topological polar surface area (TPSA) is 28.2 Å². The summed E-state index contributed by atoms with van der Waals surface area (Å²) in [6, 6.07) is 0. The molecule has 0 aromatic carbocycles. The molecule has 0 amide bonds. The first-order valence-corrected chi connectivity index (χ1v) is 7.02. The molecule has 17 heavy (non-hydrogen) atoms. The van der Waals surface area contributed by atoms with E-state index in [1.54, 1.807) is 11.3 Å². The van der Waals surface area contributed by atoms with Crippen LogP contribution in [-0.4, -0.2) is 24.6 Å². The highest BCUT2D eigenvalue weighted by molar-refractivity contribution is 7.15.